The van der Waals surface area contributed by atoms with Crippen molar-refractivity contribution in [1.29, 1.82) is 0 Å². The minimum Gasteiger partial charge on any atom is -0.394 e. The lowest BCUT2D eigenvalue weighted by molar-refractivity contribution is 0.113. The number of aliphatic hydroxyl groups is 2. The summed E-state index contributed by atoms with van der Waals surface area (Å²) in [4.78, 5) is 0. The molecule has 86 valence electrons. The maximum atomic E-state index is 9.14. The van der Waals surface area contributed by atoms with Gasteiger partial charge in [-0.3, -0.25) is 0 Å². The third kappa shape index (κ3) is 3.48. The Bertz CT molecular complexity index is 304. The van der Waals surface area contributed by atoms with E-state index in [-0.39, 0.29) is 6.61 Å². The first-order valence-corrected chi connectivity index (χ1v) is 6.08. The van der Waals surface area contributed by atoms with E-state index in [4.69, 9.17) is 10.2 Å². The van der Waals surface area contributed by atoms with Crippen LogP contribution < -0.4 is 0 Å². The van der Waals surface area contributed by atoms with Crippen LogP contribution in [0.4, 0.5) is 0 Å². The highest BCUT2D eigenvalue weighted by molar-refractivity contribution is 7.98. The smallest absolute Gasteiger partial charge is 0.142 e. The van der Waals surface area contributed by atoms with Gasteiger partial charge in [-0.15, -0.1) is 10.2 Å². The second-order valence-corrected chi connectivity index (χ2v) is 4.33. The van der Waals surface area contributed by atoms with Gasteiger partial charge in [0.05, 0.1) is 18.5 Å². The molecule has 1 heterocycles. The van der Waals surface area contributed by atoms with Crippen molar-refractivity contribution in [1.82, 2.24) is 14.8 Å². The summed E-state index contributed by atoms with van der Waals surface area (Å²) in [7, 11) is 1.94. The number of aryl methyl sites for hydroxylation is 1. The SMILES string of the molecule is CCc1nnc(CSCC(O)CO)n1C. The number of rotatable bonds is 6. The molecule has 0 saturated heterocycles. The molecule has 0 radical (unpaired) electrons. The Balaban J connectivity index is 2.40. The molecule has 0 bridgehead atoms. The molecule has 0 fully saturated rings. The Morgan fingerprint density at radius 3 is 2.60 bits per heavy atom. The van der Waals surface area contributed by atoms with Crippen molar-refractivity contribution in [3.05, 3.63) is 11.6 Å². The predicted octanol–water partition coefficient (Wildman–Crippen LogP) is -0.0361. The third-order valence-corrected chi connectivity index (χ3v) is 3.21. The fourth-order valence-electron chi connectivity index (χ4n) is 1.17. The quantitative estimate of drug-likeness (QED) is 0.719. The Morgan fingerprint density at radius 1 is 1.40 bits per heavy atom. The maximum Gasteiger partial charge on any atom is 0.142 e. The molecule has 1 atom stereocenters. The standard InChI is InChI=1S/C9H17N3O2S/c1-3-8-10-11-9(12(8)2)6-15-5-7(14)4-13/h7,13-14H,3-6H2,1-2H3. The van der Waals surface area contributed by atoms with Crippen molar-refractivity contribution in [2.24, 2.45) is 7.05 Å². The van der Waals surface area contributed by atoms with Crippen molar-refractivity contribution in [3.63, 3.8) is 0 Å². The lowest BCUT2D eigenvalue weighted by atomic mass is 10.4. The van der Waals surface area contributed by atoms with Gasteiger partial charge in [0.15, 0.2) is 0 Å². The average molecular weight is 231 g/mol. The molecule has 0 aliphatic carbocycles. The van der Waals surface area contributed by atoms with E-state index in [0.29, 0.717) is 11.5 Å². The minimum atomic E-state index is -0.645. The largest absolute Gasteiger partial charge is 0.394 e. The van der Waals surface area contributed by atoms with Crippen LogP contribution in [0.2, 0.25) is 0 Å². The Hall–Kier alpha value is -0.590. The summed E-state index contributed by atoms with van der Waals surface area (Å²) in [6.45, 7) is 1.85. The maximum absolute atomic E-state index is 9.14. The molecule has 5 nitrogen and oxygen atoms in total. The van der Waals surface area contributed by atoms with Gasteiger partial charge in [-0.05, 0) is 0 Å². The van der Waals surface area contributed by atoms with Gasteiger partial charge in [0.2, 0.25) is 0 Å². The van der Waals surface area contributed by atoms with Crippen LogP contribution in [0.1, 0.15) is 18.6 Å². The summed E-state index contributed by atoms with van der Waals surface area (Å²) in [6, 6.07) is 0. The zero-order valence-electron chi connectivity index (χ0n) is 9.05. The van der Waals surface area contributed by atoms with E-state index in [0.717, 1.165) is 18.1 Å². The van der Waals surface area contributed by atoms with Crippen LogP contribution in [0.15, 0.2) is 0 Å². The van der Waals surface area contributed by atoms with E-state index in [9.17, 15) is 0 Å². The number of aliphatic hydroxyl groups excluding tert-OH is 2. The summed E-state index contributed by atoms with van der Waals surface area (Å²) in [5, 5.41) is 25.9. The van der Waals surface area contributed by atoms with Crippen LogP contribution >= 0.6 is 11.8 Å². The molecule has 0 aromatic carbocycles. The van der Waals surface area contributed by atoms with Crippen LogP contribution in [-0.2, 0) is 19.2 Å². The molecule has 1 aromatic rings. The van der Waals surface area contributed by atoms with Gasteiger partial charge in [0, 0.05) is 19.2 Å². The predicted molar refractivity (Wildman–Crippen MR) is 59.6 cm³/mol. The molecule has 1 rings (SSSR count). The van der Waals surface area contributed by atoms with Crippen LogP contribution in [0.25, 0.3) is 0 Å². The van der Waals surface area contributed by atoms with Crippen LogP contribution in [-0.4, -0.2) is 43.4 Å². The second kappa shape index (κ2) is 6.09. The molecule has 0 aliphatic heterocycles. The monoisotopic (exact) mass is 231 g/mol. The lowest BCUT2D eigenvalue weighted by Gasteiger charge is -2.06. The van der Waals surface area contributed by atoms with Crippen LogP contribution in [0.5, 0.6) is 0 Å². The molecule has 1 aromatic heterocycles. The topological polar surface area (TPSA) is 71.2 Å². The van der Waals surface area contributed by atoms with Gasteiger partial charge < -0.3 is 14.8 Å². The van der Waals surface area contributed by atoms with E-state index in [1.165, 1.54) is 0 Å². The first-order valence-electron chi connectivity index (χ1n) is 4.92. The van der Waals surface area contributed by atoms with E-state index < -0.39 is 6.10 Å². The number of hydrogen-bond acceptors (Lipinski definition) is 5. The molecule has 0 spiro atoms. The normalized spacial score (nSPS) is 13.1. The van der Waals surface area contributed by atoms with Gasteiger partial charge in [-0.25, -0.2) is 0 Å². The van der Waals surface area contributed by atoms with E-state index >= 15 is 0 Å². The fraction of sp³-hybridized carbons (Fsp3) is 0.778. The fourth-order valence-corrected chi connectivity index (χ4v) is 2.10. The van der Waals surface area contributed by atoms with E-state index in [1.54, 1.807) is 11.8 Å². The molecule has 15 heavy (non-hydrogen) atoms. The van der Waals surface area contributed by atoms with Crippen LogP contribution in [0.3, 0.4) is 0 Å². The van der Waals surface area contributed by atoms with Crippen molar-refractivity contribution >= 4 is 11.8 Å². The van der Waals surface area contributed by atoms with Gasteiger partial charge in [0.25, 0.3) is 0 Å². The number of hydrogen-bond donors (Lipinski definition) is 2. The highest BCUT2D eigenvalue weighted by atomic mass is 32.2. The zero-order chi connectivity index (χ0) is 11.3. The highest BCUT2D eigenvalue weighted by Gasteiger charge is 2.08. The molecule has 1 unspecified atom stereocenters. The summed E-state index contributed by atoms with van der Waals surface area (Å²) in [5.41, 5.74) is 0. The van der Waals surface area contributed by atoms with E-state index in [2.05, 4.69) is 10.2 Å². The first-order chi connectivity index (χ1) is 7.19. The summed E-state index contributed by atoms with van der Waals surface area (Å²) < 4.78 is 1.97. The van der Waals surface area contributed by atoms with E-state index in [1.807, 2.05) is 18.5 Å². The Kier molecular flexibility index (Phi) is 5.07. The summed E-state index contributed by atoms with van der Waals surface area (Å²) in [6.07, 6.45) is 0.224. The minimum absolute atomic E-state index is 0.188. The van der Waals surface area contributed by atoms with Gasteiger partial charge in [0.1, 0.15) is 11.6 Å². The molecule has 0 aliphatic rings. The molecular formula is C9H17N3O2S. The number of thioether (sulfide) groups is 1. The van der Waals surface area contributed by atoms with Crippen LogP contribution in [0, 0.1) is 0 Å². The summed E-state index contributed by atoms with van der Waals surface area (Å²) in [5.74, 6) is 3.10. The molecule has 2 N–H and O–H groups in total. The van der Waals surface area contributed by atoms with Crippen molar-refractivity contribution in [2.45, 2.75) is 25.2 Å². The van der Waals surface area contributed by atoms with Crippen molar-refractivity contribution in [2.75, 3.05) is 12.4 Å². The highest BCUT2D eigenvalue weighted by Crippen LogP contribution is 2.11. The summed E-state index contributed by atoms with van der Waals surface area (Å²) >= 11 is 1.54. The van der Waals surface area contributed by atoms with Crippen molar-refractivity contribution < 1.29 is 10.2 Å². The Labute approximate surface area is 93.5 Å². The third-order valence-electron chi connectivity index (χ3n) is 2.12. The van der Waals surface area contributed by atoms with Gasteiger partial charge in [-0.2, -0.15) is 11.8 Å². The number of aromatic nitrogens is 3. The van der Waals surface area contributed by atoms with Crippen molar-refractivity contribution in [3.8, 4) is 0 Å². The average Bonchev–Trinajstić information content (AvgIpc) is 2.60. The second-order valence-electron chi connectivity index (χ2n) is 3.30. The molecule has 0 saturated carbocycles. The van der Waals surface area contributed by atoms with Gasteiger partial charge in [-0.1, -0.05) is 6.92 Å². The first kappa shape index (κ1) is 12.5. The Morgan fingerprint density at radius 2 is 2.07 bits per heavy atom. The zero-order valence-corrected chi connectivity index (χ0v) is 9.87. The lowest BCUT2D eigenvalue weighted by Crippen LogP contribution is -2.15. The molecule has 6 heteroatoms. The number of nitrogens with zero attached hydrogens (tertiary/aromatic N) is 3. The molecular weight excluding hydrogens is 214 g/mol. The van der Waals surface area contributed by atoms with Gasteiger partial charge >= 0.3 is 0 Å². The molecule has 0 amide bonds.